The first-order chi connectivity index (χ1) is 9.13. The van der Waals surface area contributed by atoms with Gasteiger partial charge in [-0.05, 0) is 23.9 Å². The lowest BCUT2D eigenvalue weighted by Crippen LogP contribution is -2.28. The summed E-state index contributed by atoms with van der Waals surface area (Å²) >= 11 is 7.81. The molecule has 1 unspecified atom stereocenters. The van der Waals surface area contributed by atoms with Crippen LogP contribution in [0.4, 0.5) is 0 Å². The largest absolute Gasteiger partial charge is 0.296 e. The van der Waals surface area contributed by atoms with Crippen molar-refractivity contribution in [1.29, 1.82) is 0 Å². The van der Waals surface area contributed by atoms with Gasteiger partial charge in [-0.2, -0.15) is 0 Å². The highest BCUT2D eigenvalue weighted by atomic mass is 35.5. The van der Waals surface area contributed by atoms with Crippen molar-refractivity contribution in [2.45, 2.75) is 33.7 Å². The minimum absolute atomic E-state index is 0.570. The average Bonchev–Trinajstić information content (AvgIpc) is 2.86. The Kier molecular flexibility index (Phi) is 5.13. The van der Waals surface area contributed by atoms with E-state index in [1.165, 1.54) is 6.42 Å². The first-order valence-corrected chi connectivity index (χ1v) is 8.01. The highest BCUT2D eigenvalue weighted by Gasteiger charge is 2.12. The summed E-state index contributed by atoms with van der Waals surface area (Å²) in [5, 5.41) is 3.53. The van der Waals surface area contributed by atoms with Crippen LogP contribution in [0.2, 0.25) is 5.15 Å². The Morgan fingerprint density at radius 3 is 2.84 bits per heavy atom. The lowest BCUT2D eigenvalue weighted by Gasteiger charge is -2.22. The van der Waals surface area contributed by atoms with Crippen LogP contribution >= 0.6 is 22.9 Å². The van der Waals surface area contributed by atoms with E-state index in [2.05, 4.69) is 35.6 Å². The van der Waals surface area contributed by atoms with E-state index in [-0.39, 0.29) is 0 Å². The molecule has 0 saturated heterocycles. The standard InChI is InChI=1S/C14H20ClN3S/c1-4-10(3)8-18(5-2)9-12-16-13(15)11-6-7-19-14(11)17-12/h6-7,10H,4-5,8-9H2,1-3H3. The Morgan fingerprint density at radius 1 is 1.37 bits per heavy atom. The van der Waals surface area contributed by atoms with Gasteiger partial charge in [0.2, 0.25) is 0 Å². The van der Waals surface area contributed by atoms with Gasteiger partial charge in [0.15, 0.2) is 0 Å². The fourth-order valence-electron chi connectivity index (χ4n) is 2.01. The van der Waals surface area contributed by atoms with Crippen molar-refractivity contribution in [2.24, 2.45) is 5.92 Å². The molecule has 2 aromatic rings. The molecule has 0 fully saturated rings. The molecule has 2 heterocycles. The van der Waals surface area contributed by atoms with Crippen molar-refractivity contribution in [1.82, 2.24) is 14.9 Å². The number of rotatable bonds is 6. The Bertz CT molecular complexity index is 540. The number of halogens is 1. The SMILES string of the molecule is CCC(C)CN(CC)Cc1nc(Cl)c2ccsc2n1. The van der Waals surface area contributed by atoms with E-state index < -0.39 is 0 Å². The summed E-state index contributed by atoms with van der Waals surface area (Å²) in [5.41, 5.74) is 0. The van der Waals surface area contributed by atoms with Crippen LogP contribution in [0.3, 0.4) is 0 Å². The number of hydrogen-bond acceptors (Lipinski definition) is 4. The van der Waals surface area contributed by atoms with Gasteiger partial charge in [-0.25, -0.2) is 9.97 Å². The molecular formula is C14H20ClN3S. The van der Waals surface area contributed by atoms with E-state index in [4.69, 9.17) is 11.6 Å². The fraction of sp³-hybridized carbons (Fsp3) is 0.571. The average molecular weight is 298 g/mol. The third-order valence-corrected chi connectivity index (χ3v) is 4.50. The lowest BCUT2D eigenvalue weighted by molar-refractivity contribution is 0.233. The molecule has 0 spiro atoms. The summed E-state index contributed by atoms with van der Waals surface area (Å²) in [6.07, 6.45) is 1.20. The van der Waals surface area contributed by atoms with E-state index in [0.29, 0.717) is 11.1 Å². The number of aromatic nitrogens is 2. The van der Waals surface area contributed by atoms with Crippen LogP contribution in [0.25, 0.3) is 10.2 Å². The zero-order chi connectivity index (χ0) is 13.8. The van der Waals surface area contributed by atoms with Crippen molar-refractivity contribution in [2.75, 3.05) is 13.1 Å². The number of fused-ring (bicyclic) bond motifs is 1. The Balaban J connectivity index is 2.14. The van der Waals surface area contributed by atoms with E-state index >= 15 is 0 Å². The first kappa shape index (κ1) is 14.7. The van der Waals surface area contributed by atoms with Crippen molar-refractivity contribution in [3.05, 3.63) is 22.4 Å². The monoisotopic (exact) mass is 297 g/mol. The lowest BCUT2D eigenvalue weighted by atomic mass is 10.1. The maximum atomic E-state index is 6.20. The molecule has 19 heavy (non-hydrogen) atoms. The third-order valence-electron chi connectivity index (χ3n) is 3.40. The van der Waals surface area contributed by atoms with E-state index in [0.717, 1.165) is 35.7 Å². The minimum Gasteiger partial charge on any atom is -0.296 e. The molecule has 0 bridgehead atoms. The Hall–Kier alpha value is -0.710. The van der Waals surface area contributed by atoms with E-state index in [9.17, 15) is 0 Å². The van der Waals surface area contributed by atoms with Crippen LogP contribution in [0.15, 0.2) is 11.4 Å². The molecule has 0 amide bonds. The molecule has 5 heteroatoms. The molecule has 0 saturated carbocycles. The molecule has 1 atom stereocenters. The summed E-state index contributed by atoms with van der Waals surface area (Å²) in [7, 11) is 0. The fourth-order valence-corrected chi connectivity index (χ4v) is 3.10. The van der Waals surface area contributed by atoms with Crippen molar-refractivity contribution >= 4 is 33.2 Å². The second-order valence-corrected chi connectivity index (χ2v) is 6.16. The van der Waals surface area contributed by atoms with E-state index in [1.54, 1.807) is 11.3 Å². The normalized spacial score (nSPS) is 13.3. The van der Waals surface area contributed by atoms with Crippen LogP contribution in [-0.4, -0.2) is 28.0 Å². The number of thiophene rings is 1. The second-order valence-electron chi connectivity index (χ2n) is 4.91. The molecule has 0 aromatic carbocycles. The molecule has 0 aliphatic rings. The minimum atomic E-state index is 0.570. The van der Waals surface area contributed by atoms with Crippen molar-refractivity contribution < 1.29 is 0 Å². The highest BCUT2D eigenvalue weighted by Crippen LogP contribution is 2.25. The van der Waals surface area contributed by atoms with Gasteiger partial charge in [0.25, 0.3) is 0 Å². The first-order valence-electron chi connectivity index (χ1n) is 6.76. The quantitative estimate of drug-likeness (QED) is 0.748. The van der Waals surface area contributed by atoms with Crippen LogP contribution in [0.5, 0.6) is 0 Å². The Morgan fingerprint density at radius 2 is 2.16 bits per heavy atom. The highest BCUT2D eigenvalue weighted by molar-refractivity contribution is 7.16. The van der Waals surface area contributed by atoms with Gasteiger partial charge >= 0.3 is 0 Å². The van der Waals surface area contributed by atoms with Gasteiger partial charge in [-0.15, -0.1) is 11.3 Å². The van der Waals surface area contributed by atoms with E-state index in [1.807, 2.05) is 11.4 Å². The molecule has 0 N–H and O–H groups in total. The number of hydrogen-bond donors (Lipinski definition) is 0. The molecule has 0 aliphatic heterocycles. The number of nitrogens with zero attached hydrogens (tertiary/aromatic N) is 3. The van der Waals surface area contributed by atoms with Gasteiger partial charge < -0.3 is 0 Å². The summed E-state index contributed by atoms with van der Waals surface area (Å²) in [5.74, 6) is 1.52. The maximum Gasteiger partial charge on any atom is 0.145 e. The third kappa shape index (κ3) is 3.65. The molecule has 2 aromatic heterocycles. The maximum absolute atomic E-state index is 6.20. The smallest absolute Gasteiger partial charge is 0.145 e. The summed E-state index contributed by atoms with van der Waals surface area (Å²) in [6, 6.07) is 1.98. The van der Waals surface area contributed by atoms with Crippen LogP contribution in [0, 0.1) is 5.92 Å². The molecule has 2 rings (SSSR count). The van der Waals surface area contributed by atoms with Gasteiger partial charge in [0.1, 0.15) is 15.8 Å². The van der Waals surface area contributed by atoms with Crippen molar-refractivity contribution in [3.8, 4) is 0 Å². The zero-order valence-corrected chi connectivity index (χ0v) is 13.3. The molecule has 104 valence electrons. The van der Waals surface area contributed by atoms with Gasteiger partial charge in [-0.3, -0.25) is 4.90 Å². The van der Waals surface area contributed by atoms with Gasteiger partial charge in [0.05, 0.1) is 6.54 Å². The van der Waals surface area contributed by atoms with Gasteiger partial charge in [0, 0.05) is 11.9 Å². The topological polar surface area (TPSA) is 29.0 Å². The summed E-state index contributed by atoms with van der Waals surface area (Å²) in [4.78, 5) is 12.4. The van der Waals surface area contributed by atoms with Crippen LogP contribution in [-0.2, 0) is 6.54 Å². The van der Waals surface area contributed by atoms with Crippen LogP contribution in [0.1, 0.15) is 33.0 Å². The summed E-state index contributed by atoms with van der Waals surface area (Å²) < 4.78 is 0. The van der Waals surface area contributed by atoms with Crippen LogP contribution < -0.4 is 0 Å². The second kappa shape index (κ2) is 6.64. The van der Waals surface area contributed by atoms with Gasteiger partial charge in [-0.1, -0.05) is 38.8 Å². The Labute approximate surface area is 123 Å². The molecular weight excluding hydrogens is 278 g/mol. The predicted octanol–water partition coefficient (Wildman–Crippen LogP) is 4.21. The molecule has 0 aliphatic carbocycles. The predicted molar refractivity (Wildman–Crippen MR) is 82.8 cm³/mol. The summed E-state index contributed by atoms with van der Waals surface area (Å²) in [6.45, 7) is 9.54. The van der Waals surface area contributed by atoms with Crippen molar-refractivity contribution in [3.63, 3.8) is 0 Å². The molecule has 3 nitrogen and oxygen atoms in total. The zero-order valence-electron chi connectivity index (χ0n) is 11.7. The molecule has 0 radical (unpaired) electrons.